The molecule has 1 aromatic heterocycles. The van der Waals surface area contributed by atoms with Gasteiger partial charge in [0, 0.05) is 5.56 Å². The lowest BCUT2D eigenvalue weighted by molar-refractivity contribution is 0.0985. The first-order chi connectivity index (χ1) is 10.0. The van der Waals surface area contributed by atoms with E-state index in [0.29, 0.717) is 5.89 Å². The lowest BCUT2D eigenvalue weighted by Gasteiger charge is -2.09. The average Bonchev–Trinajstić information content (AvgIpc) is 2.79. The molecule has 0 aliphatic heterocycles. The topological polar surface area (TPSA) is 43.1 Å². The number of carbonyl (C=O) groups excluding carboxylic acids is 1. The van der Waals surface area contributed by atoms with Gasteiger partial charge < -0.3 is 4.42 Å². The average molecular weight is 279 g/mol. The van der Waals surface area contributed by atoms with E-state index in [1.165, 1.54) is 5.56 Å². The molecule has 1 heterocycles. The molecule has 0 fully saturated rings. The molecule has 2 aromatic carbocycles. The molecule has 106 valence electrons. The second-order valence-electron chi connectivity index (χ2n) is 5.45. The Kier molecular flexibility index (Phi) is 3.34. The van der Waals surface area contributed by atoms with Crippen LogP contribution in [0.25, 0.3) is 11.1 Å². The number of ketones is 1. The first-order valence-corrected chi connectivity index (χ1v) is 7.00. The Morgan fingerprint density at radius 1 is 1.10 bits per heavy atom. The molecule has 0 atom stereocenters. The van der Waals surface area contributed by atoms with Gasteiger partial charge >= 0.3 is 0 Å². The van der Waals surface area contributed by atoms with Crippen LogP contribution in [0.4, 0.5) is 0 Å². The second kappa shape index (κ2) is 5.17. The Labute approximate surface area is 123 Å². The van der Waals surface area contributed by atoms with Crippen LogP contribution in [0.1, 0.15) is 32.9 Å². The molecule has 0 N–H and O–H groups in total. The molecule has 0 unspecified atom stereocenters. The first kappa shape index (κ1) is 13.6. The minimum absolute atomic E-state index is 0.0524. The van der Waals surface area contributed by atoms with Crippen molar-refractivity contribution in [1.82, 2.24) is 4.98 Å². The maximum atomic E-state index is 12.5. The van der Waals surface area contributed by atoms with E-state index in [2.05, 4.69) is 4.98 Å². The van der Waals surface area contributed by atoms with Crippen LogP contribution >= 0.6 is 0 Å². The molecular formula is C18H17NO2. The number of aromatic nitrogens is 1. The van der Waals surface area contributed by atoms with Crippen LogP contribution in [-0.4, -0.2) is 10.8 Å². The van der Waals surface area contributed by atoms with Gasteiger partial charge in [-0.3, -0.25) is 4.79 Å². The summed E-state index contributed by atoms with van der Waals surface area (Å²) in [6, 6.07) is 11.6. The van der Waals surface area contributed by atoms with Crippen molar-refractivity contribution in [1.29, 1.82) is 0 Å². The van der Waals surface area contributed by atoms with Crippen molar-refractivity contribution in [3.8, 4) is 0 Å². The molecule has 0 aliphatic carbocycles. The summed E-state index contributed by atoms with van der Waals surface area (Å²) >= 11 is 0. The number of fused-ring (bicyclic) bond motifs is 1. The molecule has 0 saturated carbocycles. The van der Waals surface area contributed by atoms with Crippen molar-refractivity contribution in [3.63, 3.8) is 0 Å². The highest BCUT2D eigenvalue weighted by atomic mass is 16.3. The van der Waals surface area contributed by atoms with Gasteiger partial charge in [0.25, 0.3) is 0 Å². The van der Waals surface area contributed by atoms with E-state index in [-0.39, 0.29) is 12.2 Å². The fraction of sp³-hybridized carbons (Fsp3) is 0.222. The van der Waals surface area contributed by atoms with Gasteiger partial charge in [0.2, 0.25) is 5.89 Å². The fourth-order valence-electron chi connectivity index (χ4n) is 2.84. The fourth-order valence-corrected chi connectivity index (χ4v) is 2.84. The van der Waals surface area contributed by atoms with Crippen LogP contribution in [0.3, 0.4) is 0 Å². The van der Waals surface area contributed by atoms with Gasteiger partial charge in [-0.15, -0.1) is 0 Å². The molecule has 3 rings (SSSR count). The SMILES string of the molecule is Cc1cc(C)c(C(=O)Cc2nc3ccccc3o2)c(C)c1. The Bertz CT molecular complexity index is 774. The summed E-state index contributed by atoms with van der Waals surface area (Å²) in [4.78, 5) is 16.9. The zero-order valence-corrected chi connectivity index (χ0v) is 12.4. The van der Waals surface area contributed by atoms with Crippen LogP contribution in [0.2, 0.25) is 0 Å². The Morgan fingerprint density at radius 2 is 1.76 bits per heavy atom. The van der Waals surface area contributed by atoms with E-state index < -0.39 is 0 Å². The summed E-state index contributed by atoms with van der Waals surface area (Å²) < 4.78 is 5.63. The Morgan fingerprint density at radius 3 is 2.43 bits per heavy atom. The Balaban J connectivity index is 1.93. The summed E-state index contributed by atoms with van der Waals surface area (Å²) in [5, 5.41) is 0. The molecule has 0 saturated heterocycles. The van der Waals surface area contributed by atoms with E-state index >= 15 is 0 Å². The predicted octanol–water partition coefficient (Wildman–Crippen LogP) is 4.18. The zero-order chi connectivity index (χ0) is 15.0. The Hall–Kier alpha value is -2.42. The van der Waals surface area contributed by atoms with E-state index in [1.807, 2.05) is 57.2 Å². The van der Waals surface area contributed by atoms with E-state index in [4.69, 9.17) is 4.42 Å². The van der Waals surface area contributed by atoms with Crippen molar-refractivity contribution in [2.75, 3.05) is 0 Å². The highest BCUT2D eigenvalue weighted by Gasteiger charge is 2.16. The number of Topliss-reactive ketones (excluding diaryl/α,β-unsaturated/α-hetero) is 1. The third-order valence-electron chi connectivity index (χ3n) is 3.61. The summed E-state index contributed by atoms with van der Waals surface area (Å²) in [6.45, 7) is 5.98. The zero-order valence-electron chi connectivity index (χ0n) is 12.4. The largest absolute Gasteiger partial charge is 0.440 e. The molecule has 3 nitrogen and oxygen atoms in total. The normalized spacial score (nSPS) is 11.0. The summed E-state index contributed by atoms with van der Waals surface area (Å²) in [7, 11) is 0. The van der Waals surface area contributed by atoms with Gasteiger partial charge in [0.15, 0.2) is 11.4 Å². The van der Waals surface area contributed by atoms with Gasteiger partial charge in [0.1, 0.15) is 5.52 Å². The van der Waals surface area contributed by atoms with Gasteiger partial charge in [0.05, 0.1) is 6.42 Å². The van der Waals surface area contributed by atoms with Crippen molar-refractivity contribution >= 4 is 16.9 Å². The van der Waals surface area contributed by atoms with Gasteiger partial charge in [-0.25, -0.2) is 4.98 Å². The third kappa shape index (κ3) is 2.59. The molecular weight excluding hydrogens is 262 g/mol. The smallest absolute Gasteiger partial charge is 0.203 e. The highest BCUT2D eigenvalue weighted by molar-refractivity contribution is 6.00. The number of aryl methyl sites for hydroxylation is 3. The van der Waals surface area contributed by atoms with Crippen LogP contribution in [0, 0.1) is 20.8 Å². The number of nitrogens with zero attached hydrogens (tertiary/aromatic N) is 1. The second-order valence-corrected chi connectivity index (χ2v) is 5.45. The number of hydrogen-bond donors (Lipinski definition) is 0. The summed E-state index contributed by atoms with van der Waals surface area (Å²) in [5.41, 5.74) is 5.48. The number of para-hydroxylation sites is 2. The van der Waals surface area contributed by atoms with Crippen LogP contribution in [0.5, 0.6) is 0 Å². The van der Waals surface area contributed by atoms with E-state index in [0.717, 1.165) is 27.8 Å². The maximum Gasteiger partial charge on any atom is 0.203 e. The van der Waals surface area contributed by atoms with Gasteiger partial charge in [-0.1, -0.05) is 29.8 Å². The number of hydrogen-bond acceptors (Lipinski definition) is 3. The van der Waals surface area contributed by atoms with Crippen molar-refractivity contribution in [2.45, 2.75) is 27.2 Å². The number of oxazole rings is 1. The molecule has 0 aliphatic rings. The lowest BCUT2D eigenvalue weighted by Crippen LogP contribution is -2.08. The molecule has 3 aromatic rings. The quantitative estimate of drug-likeness (QED) is 0.675. The van der Waals surface area contributed by atoms with Crippen molar-refractivity contribution < 1.29 is 9.21 Å². The van der Waals surface area contributed by atoms with Crippen LogP contribution in [-0.2, 0) is 6.42 Å². The van der Waals surface area contributed by atoms with E-state index in [9.17, 15) is 4.79 Å². The molecule has 0 spiro atoms. The third-order valence-corrected chi connectivity index (χ3v) is 3.61. The molecule has 0 bridgehead atoms. The molecule has 0 amide bonds. The first-order valence-electron chi connectivity index (χ1n) is 7.00. The maximum absolute atomic E-state index is 12.5. The van der Waals surface area contributed by atoms with E-state index in [1.54, 1.807) is 0 Å². The number of benzene rings is 2. The minimum Gasteiger partial charge on any atom is -0.440 e. The van der Waals surface area contributed by atoms with Crippen LogP contribution in [0.15, 0.2) is 40.8 Å². The van der Waals surface area contributed by atoms with Gasteiger partial charge in [-0.05, 0) is 44.0 Å². The van der Waals surface area contributed by atoms with Crippen LogP contribution < -0.4 is 0 Å². The number of carbonyl (C=O) groups is 1. The molecule has 3 heteroatoms. The number of rotatable bonds is 3. The summed E-state index contributed by atoms with van der Waals surface area (Å²) in [5.74, 6) is 0.525. The van der Waals surface area contributed by atoms with Crippen molar-refractivity contribution in [2.24, 2.45) is 0 Å². The molecule has 0 radical (unpaired) electrons. The lowest BCUT2D eigenvalue weighted by atomic mass is 9.95. The molecule has 21 heavy (non-hydrogen) atoms. The van der Waals surface area contributed by atoms with Gasteiger partial charge in [-0.2, -0.15) is 0 Å². The minimum atomic E-state index is 0.0524. The standard InChI is InChI=1S/C18H17NO2/c1-11-8-12(2)18(13(3)9-11)15(20)10-17-19-14-6-4-5-7-16(14)21-17/h4-9H,10H2,1-3H3. The predicted molar refractivity (Wildman–Crippen MR) is 82.7 cm³/mol. The highest BCUT2D eigenvalue weighted by Crippen LogP contribution is 2.20. The monoisotopic (exact) mass is 279 g/mol. The van der Waals surface area contributed by atoms with Crippen molar-refractivity contribution in [3.05, 3.63) is 64.5 Å². The summed E-state index contributed by atoms with van der Waals surface area (Å²) in [6.07, 6.45) is 0.194.